The van der Waals surface area contributed by atoms with Crippen molar-refractivity contribution in [2.45, 2.75) is 10.8 Å². The van der Waals surface area contributed by atoms with E-state index in [-0.39, 0.29) is 5.91 Å². The minimum atomic E-state index is 0.155. The summed E-state index contributed by atoms with van der Waals surface area (Å²) < 4.78 is 0.747. The van der Waals surface area contributed by atoms with E-state index in [2.05, 4.69) is 32.2 Å². The lowest BCUT2D eigenvalue weighted by atomic mass is 10.2. The van der Waals surface area contributed by atoms with Crippen molar-refractivity contribution in [1.29, 1.82) is 0 Å². The van der Waals surface area contributed by atoms with Gasteiger partial charge in [0, 0.05) is 45.1 Å². The number of hydrogen-bond acceptors (Lipinski definition) is 8. The van der Waals surface area contributed by atoms with Crippen LogP contribution in [0.25, 0.3) is 0 Å². The van der Waals surface area contributed by atoms with Gasteiger partial charge in [-0.1, -0.05) is 23.1 Å². The van der Waals surface area contributed by atoms with Gasteiger partial charge in [-0.15, -0.1) is 10.2 Å². The van der Waals surface area contributed by atoms with Gasteiger partial charge in [0.05, 0.1) is 5.75 Å². The van der Waals surface area contributed by atoms with Crippen LogP contribution in [0.5, 0.6) is 0 Å². The molecule has 0 atom stereocenters. The standard InChI is InChI=1S/C15H20N6OS2/c16-14-18-19-15(24-14)23-11-13(22)21-9-7-20(8-10-21)6-3-12-1-4-17-5-2-12/h1-2,4-5H,3,6-11H2,(H2,16,18). The summed E-state index contributed by atoms with van der Waals surface area (Å²) in [4.78, 5) is 20.6. The third kappa shape index (κ3) is 4.89. The summed E-state index contributed by atoms with van der Waals surface area (Å²) >= 11 is 2.72. The highest BCUT2D eigenvalue weighted by Crippen LogP contribution is 2.23. The first-order valence-corrected chi connectivity index (χ1v) is 9.62. The first kappa shape index (κ1) is 17.1. The van der Waals surface area contributed by atoms with Crippen LogP contribution in [0.2, 0.25) is 0 Å². The fourth-order valence-corrected chi connectivity index (χ4v) is 4.09. The average Bonchev–Trinajstić information content (AvgIpc) is 3.04. The summed E-state index contributed by atoms with van der Waals surface area (Å²) in [6.07, 6.45) is 4.68. The molecule has 9 heteroatoms. The van der Waals surface area contributed by atoms with Crippen molar-refractivity contribution in [2.75, 3.05) is 44.2 Å². The number of carbonyl (C=O) groups excluding carboxylic acids is 1. The van der Waals surface area contributed by atoms with Crippen molar-refractivity contribution >= 4 is 34.1 Å². The predicted molar refractivity (Wildman–Crippen MR) is 96.0 cm³/mol. The second kappa shape index (κ2) is 8.41. The predicted octanol–water partition coefficient (Wildman–Crippen LogP) is 0.994. The molecule has 1 fully saturated rings. The number of aromatic nitrogens is 3. The summed E-state index contributed by atoms with van der Waals surface area (Å²) in [6.45, 7) is 4.44. The molecule has 0 bridgehead atoms. The highest BCUT2D eigenvalue weighted by Gasteiger charge is 2.21. The topological polar surface area (TPSA) is 88.2 Å². The largest absolute Gasteiger partial charge is 0.374 e. The van der Waals surface area contributed by atoms with Gasteiger partial charge in [0.25, 0.3) is 0 Å². The molecule has 2 aromatic heterocycles. The molecule has 0 saturated carbocycles. The van der Waals surface area contributed by atoms with Gasteiger partial charge in [-0.2, -0.15) is 0 Å². The van der Waals surface area contributed by atoms with E-state index in [4.69, 9.17) is 5.73 Å². The fraction of sp³-hybridized carbons (Fsp3) is 0.467. The van der Waals surface area contributed by atoms with Crippen molar-refractivity contribution in [2.24, 2.45) is 0 Å². The Bertz CT molecular complexity index is 657. The zero-order valence-corrected chi connectivity index (χ0v) is 14.9. The van der Waals surface area contributed by atoms with E-state index < -0.39 is 0 Å². The summed E-state index contributed by atoms with van der Waals surface area (Å²) in [7, 11) is 0. The molecule has 0 unspecified atom stereocenters. The molecule has 3 heterocycles. The maximum atomic E-state index is 12.3. The van der Waals surface area contributed by atoms with E-state index in [1.165, 1.54) is 28.7 Å². The van der Waals surface area contributed by atoms with E-state index in [1.807, 2.05) is 17.3 Å². The molecule has 0 radical (unpaired) electrons. The van der Waals surface area contributed by atoms with Gasteiger partial charge in [0.2, 0.25) is 11.0 Å². The molecule has 0 spiro atoms. The number of hydrogen-bond donors (Lipinski definition) is 1. The minimum absolute atomic E-state index is 0.155. The fourth-order valence-electron chi connectivity index (χ4n) is 2.55. The molecule has 128 valence electrons. The highest BCUT2D eigenvalue weighted by atomic mass is 32.2. The first-order chi connectivity index (χ1) is 11.7. The van der Waals surface area contributed by atoms with Gasteiger partial charge in [0.15, 0.2) is 4.34 Å². The van der Waals surface area contributed by atoms with Gasteiger partial charge < -0.3 is 10.6 Å². The van der Waals surface area contributed by atoms with Crippen molar-refractivity contribution in [1.82, 2.24) is 25.0 Å². The van der Waals surface area contributed by atoms with Crippen molar-refractivity contribution in [3.63, 3.8) is 0 Å². The van der Waals surface area contributed by atoms with Crippen LogP contribution in [0, 0.1) is 0 Å². The Balaban J connectivity index is 1.37. The van der Waals surface area contributed by atoms with Crippen LogP contribution in [0.3, 0.4) is 0 Å². The maximum Gasteiger partial charge on any atom is 0.233 e. The van der Waals surface area contributed by atoms with E-state index >= 15 is 0 Å². The molecule has 1 aliphatic rings. The average molecular weight is 365 g/mol. The Morgan fingerprint density at radius 1 is 1.21 bits per heavy atom. The molecular formula is C15H20N6OS2. The molecule has 1 amide bonds. The zero-order chi connectivity index (χ0) is 16.8. The molecule has 3 rings (SSSR count). The van der Waals surface area contributed by atoms with Crippen LogP contribution in [-0.4, -0.2) is 69.4 Å². The van der Waals surface area contributed by atoms with Crippen LogP contribution < -0.4 is 5.73 Å². The number of rotatable bonds is 6. The Labute approximate surface area is 149 Å². The van der Waals surface area contributed by atoms with Crippen molar-refractivity contribution < 1.29 is 4.79 Å². The van der Waals surface area contributed by atoms with Crippen LogP contribution in [0.4, 0.5) is 5.13 Å². The number of nitrogens with two attached hydrogens (primary N) is 1. The molecule has 2 aromatic rings. The van der Waals surface area contributed by atoms with Gasteiger partial charge >= 0.3 is 0 Å². The number of amides is 1. The van der Waals surface area contributed by atoms with E-state index in [0.717, 1.165) is 43.5 Å². The van der Waals surface area contributed by atoms with Crippen LogP contribution in [0.15, 0.2) is 28.9 Å². The van der Waals surface area contributed by atoms with Crippen LogP contribution in [0.1, 0.15) is 5.56 Å². The SMILES string of the molecule is Nc1nnc(SCC(=O)N2CCN(CCc3ccncc3)CC2)s1. The number of pyridine rings is 1. The molecule has 24 heavy (non-hydrogen) atoms. The summed E-state index contributed by atoms with van der Waals surface area (Å²) in [5.74, 6) is 0.550. The molecule has 0 aliphatic carbocycles. The lowest BCUT2D eigenvalue weighted by Gasteiger charge is -2.34. The lowest BCUT2D eigenvalue weighted by molar-refractivity contribution is -0.130. The summed E-state index contributed by atoms with van der Waals surface area (Å²) in [5.41, 5.74) is 6.84. The van der Waals surface area contributed by atoms with E-state index in [9.17, 15) is 4.79 Å². The minimum Gasteiger partial charge on any atom is -0.374 e. The van der Waals surface area contributed by atoms with Gasteiger partial charge in [-0.3, -0.25) is 14.7 Å². The van der Waals surface area contributed by atoms with Gasteiger partial charge in [-0.25, -0.2) is 0 Å². The molecule has 7 nitrogen and oxygen atoms in total. The third-order valence-corrected chi connectivity index (χ3v) is 5.80. The summed E-state index contributed by atoms with van der Waals surface area (Å²) in [6, 6.07) is 4.11. The quantitative estimate of drug-likeness (QED) is 0.765. The smallest absolute Gasteiger partial charge is 0.233 e. The normalized spacial score (nSPS) is 15.6. The Morgan fingerprint density at radius 3 is 2.62 bits per heavy atom. The van der Waals surface area contributed by atoms with Gasteiger partial charge in [0.1, 0.15) is 0 Å². The molecule has 0 aromatic carbocycles. The van der Waals surface area contributed by atoms with Crippen molar-refractivity contribution in [3.8, 4) is 0 Å². The Hall–Kier alpha value is -1.71. The second-order valence-electron chi connectivity index (χ2n) is 5.52. The number of anilines is 1. The zero-order valence-electron chi connectivity index (χ0n) is 13.3. The Morgan fingerprint density at radius 2 is 1.96 bits per heavy atom. The van der Waals surface area contributed by atoms with Crippen LogP contribution >= 0.6 is 23.1 Å². The van der Waals surface area contributed by atoms with Gasteiger partial charge in [-0.05, 0) is 24.1 Å². The summed E-state index contributed by atoms with van der Waals surface area (Å²) in [5, 5.41) is 8.11. The number of thioether (sulfide) groups is 1. The maximum absolute atomic E-state index is 12.3. The number of carbonyl (C=O) groups is 1. The Kier molecular flexibility index (Phi) is 6.00. The van der Waals surface area contributed by atoms with E-state index in [1.54, 1.807) is 0 Å². The molecule has 2 N–H and O–H groups in total. The van der Waals surface area contributed by atoms with Crippen LogP contribution in [-0.2, 0) is 11.2 Å². The third-order valence-electron chi connectivity index (χ3n) is 3.93. The number of nitrogens with zero attached hydrogens (tertiary/aromatic N) is 5. The highest BCUT2D eigenvalue weighted by molar-refractivity contribution is 8.01. The van der Waals surface area contributed by atoms with E-state index in [0.29, 0.717) is 10.9 Å². The monoisotopic (exact) mass is 364 g/mol. The molecule has 1 saturated heterocycles. The molecular weight excluding hydrogens is 344 g/mol. The number of nitrogen functional groups attached to an aromatic ring is 1. The number of piperazine rings is 1. The van der Waals surface area contributed by atoms with Crippen molar-refractivity contribution in [3.05, 3.63) is 30.1 Å². The second-order valence-corrected chi connectivity index (χ2v) is 7.75. The molecule has 1 aliphatic heterocycles. The first-order valence-electron chi connectivity index (χ1n) is 7.81. The lowest BCUT2D eigenvalue weighted by Crippen LogP contribution is -2.49.